The van der Waals surface area contributed by atoms with Gasteiger partial charge in [0.25, 0.3) is 0 Å². The summed E-state index contributed by atoms with van der Waals surface area (Å²) in [5, 5.41) is -0.178. The molecule has 1 aliphatic rings. The van der Waals surface area contributed by atoms with E-state index in [0.29, 0.717) is 0 Å². The number of likely N-dealkylation sites (tertiary alicyclic amines) is 1. The van der Waals surface area contributed by atoms with E-state index >= 15 is 0 Å². The van der Waals surface area contributed by atoms with E-state index in [9.17, 15) is 12.8 Å². The van der Waals surface area contributed by atoms with Gasteiger partial charge >= 0.3 is 0 Å². The fourth-order valence-corrected chi connectivity index (χ4v) is 4.05. The summed E-state index contributed by atoms with van der Waals surface area (Å²) in [6, 6.07) is 3.47. The lowest BCUT2D eigenvalue weighted by Gasteiger charge is -2.34. The summed E-state index contributed by atoms with van der Waals surface area (Å²) in [5.41, 5.74) is 0. The van der Waals surface area contributed by atoms with E-state index in [1.165, 1.54) is 10.4 Å². The Bertz CT molecular complexity index is 586. The second kappa shape index (κ2) is 5.97. The van der Waals surface area contributed by atoms with Crippen molar-refractivity contribution in [1.82, 2.24) is 9.21 Å². The van der Waals surface area contributed by atoms with Gasteiger partial charge in [0, 0.05) is 13.1 Å². The molecule has 0 saturated carbocycles. The van der Waals surface area contributed by atoms with Gasteiger partial charge in [-0.15, -0.1) is 0 Å². The maximum atomic E-state index is 13.1. The van der Waals surface area contributed by atoms with Crippen LogP contribution in [-0.4, -0.2) is 50.8 Å². The third-order valence-corrected chi connectivity index (χ3v) is 5.97. The van der Waals surface area contributed by atoms with Crippen molar-refractivity contribution in [2.24, 2.45) is 0 Å². The Balaban J connectivity index is 2.23. The second-order valence-corrected chi connectivity index (χ2v) is 7.54. The van der Waals surface area contributed by atoms with E-state index in [1.54, 1.807) is 7.05 Å². The van der Waals surface area contributed by atoms with Crippen LogP contribution in [0.25, 0.3) is 0 Å². The summed E-state index contributed by atoms with van der Waals surface area (Å²) in [6.07, 6.45) is 1.59. The molecule has 1 aliphatic heterocycles. The summed E-state index contributed by atoms with van der Waals surface area (Å²) in [7, 11) is -0.0413. The van der Waals surface area contributed by atoms with Crippen LogP contribution >= 0.6 is 11.6 Å². The van der Waals surface area contributed by atoms with Gasteiger partial charge in [-0.25, -0.2) is 12.8 Å². The first-order valence-corrected chi connectivity index (χ1v) is 8.26. The maximum Gasteiger partial charge on any atom is 0.243 e. The SMILES string of the molecule is CN1CCC(N(C)S(=O)(=O)c2ccc(F)c(Cl)c2)CC1. The smallest absolute Gasteiger partial charge is 0.243 e. The summed E-state index contributed by atoms with van der Waals surface area (Å²) in [6.45, 7) is 1.74. The lowest BCUT2D eigenvalue weighted by atomic mass is 10.1. The van der Waals surface area contributed by atoms with Crippen molar-refractivity contribution in [2.75, 3.05) is 27.2 Å². The predicted molar refractivity (Wildman–Crippen MR) is 76.9 cm³/mol. The highest BCUT2D eigenvalue weighted by Gasteiger charge is 2.30. The first-order chi connectivity index (χ1) is 9.32. The number of hydrogen-bond donors (Lipinski definition) is 0. The van der Waals surface area contributed by atoms with Crippen molar-refractivity contribution in [3.8, 4) is 0 Å². The quantitative estimate of drug-likeness (QED) is 0.857. The van der Waals surface area contributed by atoms with E-state index < -0.39 is 15.8 Å². The Kier molecular flexibility index (Phi) is 4.69. The number of nitrogens with zero attached hydrogens (tertiary/aromatic N) is 2. The Morgan fingerprint density at radius 3 is 2.50 bits per heavy atom. The van der Waals surface area contributed by atoms with Crippen LogP contribution < -0.4 is 0 Å². The Hall–Kier alpha value is -0.690. The monoisotopic (exact) mass is 320 g/mol. The number of benzene rings is 1. The highest BCUT2D eigenvalue weighted by Crippen LogP contribution is 2.25. The Morgan fingerprint density at radius 2 is 1.95 bits per heavy atom. The third-order valence-electron chi connectivity index (χ3n) is 3.77. The number of sulfonamides is 1. The lowest BCUT2D eigenvalue weighted by molar-refractivity contribution is 0.197. The second-order valence-electron chi connectivity index (χ2n) is 5.13. The van der Waals surface area contributed by atoms with Crippen molar-refractivity contribution in [1.29, 1.82) is 0 Å². The van der Waals surface area contributed by atoms with Crippen LogP contribution in [0.3, 0.4) is 0 Å². The van der Waals surface area contributed by atoms with Gasteiger partial charge in [0.1, 0.15) is 5.82 Å². The average Bonchev–Trinajstić information content (AvgIpc) is 2.41. The van der Waals surface area contributed by atoms with E-state index in [4.69, 9.17) is 11.6 Å². The minimum atomic E-state index is -3.63. The van der Waals surface area contributed by atoms with Crippen LogP contribution in [0.2, 0.25) is 5.02 Å². The zero-order valence-corrected chi connectivity index (χ0v) is 13.1. The number of piperidine rings is 1. The largest absolute Gasteiger partial charge is 0.306 e. The molecule has 0 bridgehead atoms. The molecule has 0 unspecified atom stereocenters. The van der Waals surface area contributed by atoms with Crippen molar-refractivity contribution in [2.45, 2.75) is 23.8 Å². The molecule has 1 saturated heterocycles. The van der Waals surface area contributed by atoms with Crippen LogP contribution in [0.15, 0.2) is 23.1 Å². The van der Waals surface area contributed by atoms with Crippen LogP contribution in [0, 0.1) is 5.82 Å². The van der Waals surface area contributed by atoms with Gasteiger partial charge in [-0.2, -0.15) is 4.31 Å². The summed E-state index contributed by atoms with van der Waals surface area (Å²) >= 11 is 5.66. The van der Waals surface area contributed by atoms with Crippen molar-refractivity contribution in [3.63, 3.8) is 0 Å². The molecular formula is C13H18ClFN2O2S. The first kappa shape index (κ1) is 15.7. The van der Waals surface area contributed by atoms with Crippen molar-refractivity contribution in [3.05, 3.63) is 29.0 Å². The molecule has 1 aromatic rings. The summed E-state index contributed by atoms with van der Waals surface area (Å²) in [5.74, 6) is -0.618. The lowest BCUT2D eigenvalue weighted by Crippen LogP contribution is -2.44. The van der Waals surface area contributed by atoms with Crippen LogP contribution in [0.4, 0.5) is 4.39 Å². The molecule has 20 heavy (non-hydrogen) atoms. The molecule has 7 heteroatoms. The molecule has 1 aromatic carbocycles. The first-order valence-electron chi connectivity index (χ1n) is 6.44. The van der Waals surface area contributed by atoms with Gasteiger partial charge in [-0.3, -0.25) is 0 Å². The molecule has 112 valence electrons. The Morgan fingerprint density at radius 1 is 1.35 bits per heavy atom. The van der Waals surface area contributed by atoms with Crippen molar-refractivity contribution >= 4 is 21.6 Å². The predicted octanol–water partition coefficient (Wildman–Crippen LogP) is 2.19. The van der Waals surface area contributed by atoms with E-state index in [1.807, 2.05) is 7.05 Å². The summed E-state index contributed by atoms with van der Waals surface area (Å²) < 4.78 is 39.5. The molecule has 0 N–H and O–H groups in total. The normalized spacial score (nSPS) is 18.6. The van der Waals surface area contributed by atoms with Crippen LogP contribution in [-0.2, 0) is 10.0 Å². The van der Waals surface area contributed by atoms with Crippen molar-refractivity contribution < 1.29 is 12.8 Å². The van der Waals surface area contributed by atoms with Crippen LogP contribution in [0.1, 0.15) is 12.8 Å². The van der Waals surface area contributed by atoms with E-state index in [-0.39, 0.29) is 16.0 Å². The standard InChI is InChI=1S/C13H18ClFN2O2S/c1-16-7-5-10(6-8-16)17(2)20(18,19)11-3-4-13(15)12(14)9-11/h3-4,9-10H,5-8H2,1-2H3. The molecule has 0 aliphatic carbocycles. The highest BCUT2D eigenvalue weighted by molar-refractivity contribution is 7.89. The van der Waals surface area contributed by atoms with Gasteiger partial charge < -0.3 is 4.90 Å². The molecule has 1 heterocycles. The molecule has 4 nitrogen and oxygen atoms in total. The average molecular weight is 321 g/mol. The number of halogens is 2. The molecule has 0 radical (unpaired) electrons. The zero-order chi connectivity index (χ0) is 14.9. The summed E-state index contributed by atoms with van der Waals surface area (Å²) in [4.78, 5) is 2.21. The minimum Gasteiger partial charge on any atom is -0.306 e. The molecular weight excluding hydrogens is 303 g/mol. The topological polar surface area (TPSA) is 40.6 Å². The van der Waals surface area contributed by atoms with Gasteiger partial charge in [0.2, 0.25) is 10.0 Å². The van der Waals surface area contributed by atoms with Gasteiger partial charge in [0.05, 0.1) is 9.92 Å². The highest BCUT2D eigenvalue weighted by atomic mass is 35.5. The molecule has 0 aromatic heterocycles. The Labute approximate surface area is 124 Å². The maximum absolute atomic E-state index is 13.1. The molecule has 1 fully saturated rings. The fourth-order valence-electron chi connectivity index (χ4n) is 2.36. The van der Waals surface area contributed by atoms with E-state index in [0.717, 1.165) is 38.1 Å². The number of hydrogen-bond acceptors (Lipinski definition) is 3. The zero-order valence-electron chi connectivity index (χ0n) is 11.5. The van der Waals surface area contributed by atoms with Gasteiger partial charge in [-0.05, 0) is 51.2 Å². The fraction of sp³-hybridized carbons (Fsp3) is 0.538. The van der Waals surface area contributed by atoms with E-state index in [2.05, 4.69) is 4.90 Å². The molecule has 0 spiro atoms. The van der Waals surface area contributed by atoms with Crippen LogP contribution in [0.5, 0.6) is 0 Å². The van der Waals surface area contributed by atoms with Gasteiger partial charge in [0.15, 0.2) is 0 Å². The molecule has 0 amide bonds. The third kappa shape index (κ3) is 3.14. The van der Waals surface area contributed by atoms with Gasteiger partial charge in [-0.1, -0.05) is 11.6 Å². The number of rotatable bonds is 3. The molecule has 0 atom stereocenters. The molecule has 2 rings (SSSR count). The minimum absolute atomic E-state index is 0.0278.